The van der Waals surface area contributed by atoms with Crippen LogP contribution in [0.25, 0.3) is 5.76 Å². The maximum absolute atomic E-state index is 13.4. The highest BCUT2D eigenvalue weighted by Gasteiger charge is 2.15. The Morgan fingerprint density at radius 1 is 1.17 bits per heavy atom. The van der Waals surface area contributed by atoms with Crippen LogP contribution in [-0.4, -0.2) is 23.9 Å². The van der Waals surface area contributed by atoms with E-state index in [2.05, 4.69) is 0 Å². The highest BCUT2D eigenvalue weighted by atomic mass is 19.1. The molecule has 0 aliphatic heterocycles. The van der Waals surface area contributed by atoms with Gasteiger partial charge in [-0.1, -0.05) is 12.1 Å². The molecule has 1 amide bonds. The van der Waals surface area contributed by atoms with Gasteiger partial charge < -0.3 is 15.2 Å². The summed E-state index contributed by atoms with van der Waals surface area (Å²) in [6.45, 7) is 0. The summed E-state index contributed by atoms with van der Waals surface area (Å²) in [6.07, 6.45) is 0.700. The summed E-state index contributed by atoms with van der Waals surface area (Å²) in [5, 5.41) is 11.9. The lowest BCUT2D eigenvalue weighted by Crippen LogP contribution is -2.21. The van der Waals surface area contributed by atoms with Gasteiger partial charge in [0, 0.05) is 17.7 Å². The molecule has 24 heavy (non-hydrogen) atoms. The van der Waals surface area contributed by atoms with Gasteiger partial charge in [0.1, 0.15) is 23.1 Å². The molecule has 2 N–H and O–H groups in total. The highest BCUT2D eigenvalue weighted by Crippen LogP contribution is 2.19. The summed E-state index contributed by atoms with van der Waals surface area (Å²) in [5.41, 5.74) is -0.0764. The number of nitrogens with one attached hydrogen (secondary N) is 1. The fourth-order valence-electron chi connectivity index (χ4n) is 1.83. The lowest BCUT2D eigenvalue weighted by Gasteiger charge is -2.05. The molecular weight excluding hydrogens is 320 g/mol. The molecule has 0 atom stereocenters. The molecule has 0 spiro atoms. The molecule has 0 unspecified atom stereocenters. The van der Waals surface area contributed by atoms with E-state index in [1.54, 1.807) is 12.1 Å². The second kappa shape index (κ2) is 7.36. The Bertz CT molecular complexity index is 818. The number of benzene rings is 2. The fraction of sp³-hybridized carbons (Fsp3) is 0.0588. The molecule has 0 aliphatic carbocycles. The molecular formula is C17H13F2NO4. The van der Waals surface area contributed by atoms with Crippen LogP contribution >= 0.6 is 0 Å². The predicted octanol–water partition coefficient (Wildman–Crippen LogP) is 3.08. The third kappa shape index (κ3) is 4.16. The third-order valence-electron chi connectivity index (χ3n) is 3.04. The zero-order chi connectivity index (χ0) is 17.7. The number of hydrogen-bond acceptors (Lipinski definition) is 4. The molecule has 5 nitrogen and oxygen atoms in total. The second-order valence-corrected chi connectivity index (χ2v) is 4.70. The first-order valence-electron chi connectivity index (χ1n) is 6.76. The largest absolute Gasteiger partial charge is 0.507 e. The van der Waals surface area contributed by atoms with Gasteiger partial charge in [-0.3, -0.25) is 9.59 Å². The average molecular weight is 333 g/mol. The molecule has 2 aromatic carbocycles. The zero-order valence-corrected chi connectivity index (χ0v) is 12.5. The van der Waals surface area contributed by atoms with E-state index in [1.807, 2.05) is 5.32 Å². The van der Waals surface area contributed by atoms with Gasteiger partial charge in [-0.15, -0.1) is 0 Å². The third-order valence-corrected chi connectivity index (χ3v) is 3.04. The van der Waals surface area contributed by atoms with E-state index >= 15 is 0 Å². The molecule has 124 valence electrons. The summed E-state index contributed by atoms with van der Waals surface area (Å²) in [7, 11) is 1.44. The van der Waals surface area contributed by atoms with Crippen LogP contribution in [0.5, 0.6) is 5.75 Å². The number of carbonyl (C=O) groups excluding carboxylic acids is 2. The molecule has 0 aromatic heterocycles. The first-order valence-corrected chi connectivity index (χ1v) is 6.76. The van der Waals surface area contributed by atoms with Gasteiger partial charge in [-0.05, 0) is 24.3 Å². The lowest BCUT2D eigenvalue weighted by molar-refractivity contribution is -0.132. The standard InChI is InChI=1S/C17H13F2NO4/c1-24-12-4-2-3-10(7-12)15(21)9-16(22)17(23)20-14-6-5-11(18)8-13(14)19/h2-9,21H,1H3,(H,20,23)/b15-9-. The highest BCUT2D eigenvalue weighted by molar-refractivity contribution is 6.45. The Labute approximate surface area is 136 Å². The van der Waals surface area contributed by atoms with Gasteiger partial charge in [-0.25, -0.2) is 8.78 Å². The number of aliphatic hydroxyl groups is 1. The number of rotatable bonds is 5. The van der Waals surface area contributed by atoms with Crippen LogP contribution in [0.15, 0.2) is 48.5 Å². The number of carbonyl (C=O) groups is 2. The number of ether oxygens (including phenoxy) is 1. The van der Waals surface area contributed by atoms with Crippen LogP contribution in [-0.2, 0) is 9.59 Å². The Morgan fingerprint density at radius 3 is 2.58 bits per heavy atom. The smallest absolute Gasteiger partial charge is 0.296 e. The zero-order valence-electron chi connectivity index (χ0n) is 12.5. The number of anilines is 1. The van der Waals surface area contributed by atoms with Crippen LogP contribution in [0.3, 0.4) is 0 Å². The van der Waals surface area contributed by atoms with Crippen LogP contribution in [0, 0.1) is 11.6 Å². The predicted molar refractivity (Wildman–Crippen MR) is 83.6 cm³/mol. The molecule has 0 bridgehead atoms. The molecule has 0 aliphatic rings. The minimum absolute atomic E-state index is 0.267. The monoisotopic (exact) mass is 333 g/mol. The molecule has 0 heterocycles. The van der Waals surface area contributed by atoms with Crippen LogP contribution in [0.2, 0.25) is 0 Å². The van der Waals surface area contributed by atoms with Crippen molar-refractivity contribution in [2.24, 2.45) is 0 Å². The maximum Gasteiger partial charge on any atom is 0.296 e. The Morgan fingerprint density at radius 2 is 1.92 bits per heavy atom. The number of aliphatic hydroxyl groups excluding tert-OH is 1. The van der Waals surface area contributed by atoms with E-state index in [-0.39, 0.29) is 11.3 Å². The molecule has 7 heteroatoms. The van der Waals surface area contributed by atoms with Gasteiger partial charge in [0.2, 0.25) is 5.78 Å². The van der Waals surface area contributed by atoms with Gasteiger partial charge in [0.25, 0.3) is 5.91 Å². The van der Waals surface area contributed by atoms with E-state index in [0.29, 0.717) is 17.9 Å². The molecule has 0 saturated heterocycles. The van der Waals surface area contributed by atoms with Gasteiger partial charge >= 0.3 is 0 Å². The van der Waals surface area contributed by atoms with Crippen molar-refractivity contribution in [2.45, 2.75) is 0 Å². The molecule has 0 saturated carbocycles. The van der Waals surface area contributed by atoms with Crippen LogP contribution < -0.4 is 10.1 Å². The van der Waals surface area contributed by atoms with Crippen molar-refractivity contribution in [1.29, 1.82) is 0 Å². The molecule has 0 radical (unpaired) electrons. The lowest BCUT2D eigenvalue weighted by atomic mass is 10.1. The Hall–Kier alpha value is -3.22. The van der Waals surface area contributed by atoms with E-state index < -0.39 is 29.1 Å². The van der Waals surface area contributed by atoms with Crippen molar-refractivity contribution in [3.63, 3.8) is 0 Å². The molecule has 2 rings (SSSR count). The summed E-state index contributed by atoms with van der Waals surface area (Å²) >= 11 is 0. The van der Waals surface area contributed by atoms with Gasteiger partial charge in [0.15, 0.2) is 0 Å². The quantitative estimate of drug-likeness (QED) is 0.501. The van der Waals surface area contributed by atoms with E-state index in [0.717, 1.165) is 12.1 Å². The number of amides is 1. The van der Waals surface area contributed by atoms with Crippen molar-refractivity contribution < 1.29 is 28.2 Å². The number of hydrogen-bond donors (Lipinski definition) is 2. The van der Waals surface area contributed by atoms with Crippen molar-refractivity contribution >= 4 is 23.1 Å². The SMILES string of the molecule is COc1cccc(/C(O)=C/C(=O)C(=O)Nc2ccc(F)cc2F)c1. The fourth-order valence-corrected chi connectivity index (χ4v) is 1.83. The summed E-state index contributed by atoms with van der Waals surface area (Å²) in [6, 6.07) is 8.72. The second-order valence-electron chi connectivity index (χ2n) is 4.70. The molecule has 0 fully saturated rings. The summed E-state index contributed by atoms with van der Waals surface area (Å²) in [4.78, 5) is 23.5. The number of halogens is 2. The number of ketones is 1. The van der Waals surface area contributed by atoms with E-state index in [4.69, 9.17) is 4.74 Å². The molecule has 2 aromatic rings. The first-order chi connectivity index (χ1) is 11.4. The topological polar surface area (TPSA) is 75.6 Å². The van der Waals surface area contributed by atoms with Crippen molar-refractivity contribution in [1.82, 2.24) is 0 Å². The maximum atomic E-state index is 13.4. The van der Waals surface area contributed by atoms with Gasteiger partial charge in [-0.2, -0.15) is 0 Å². The van der Waals surface area contributed by atoms with Crippen molar-refractivity contribution in [3.8, 4) is 5.75 Å². The number of methoxy groups -OCH3 is 1. The normalized spacial score (nSPS) is 11.0. The average Bonchev–Trinajstić information content (AvgIpc) is 2.57. The van der Waals surface area contributed by atoms with Crippen molar-refractivity contribution in [3.05, 3.63) is 65.7 Å². The van der Waals surface area contributed by atoms with E-state index in [1.165, 1.54) is 19.2 Å². The van der Waals surface area contributed by atoms with Crippen molar-refractivity contribution in [2.75, 3.05) is 12.4 Å². The summed E-state index contributed by atoms with van der Waals surface area (Å²) < 4.78 is 31.2. The van der Waals surface area contributed by atoms with Crippen LogP contribution in [0.4, 0.5) is 14.5 Å². The first kappa shape index (κ1) is 17.1. The Balaban J connectivity index is 2.13. The van der Waals surface area contributed by atoms with Crippen LogP contribution in [0.1, 0.15) is 5.56 Å². The minimum atomic E-state index is -1.17. The Kier molecular flexibility index (Phi) is 5.26. The van der Waals surface area contributed by atoms with Gasteiger partial charge in [0.05, 0.1) is 12.8 Å². The summed E-state index contributed by atoms with van der Waals surface area (Å²) in [5.74, 6) is -4.09. The van der Waals surface area contributed by atoms with E-state index in [9.17, 15) is 23.5 Å². The minimum Gasteiger partial charge on any atom is -0.507 e.